The van der Waals surface area contributed by atoms with E-state index in [1.807, 2.05) is 0 Å². The van der Waals surface area contributed by atoms with E-state index in [1.54, 1.807) is 11.0 Å². The Balaban J connectivity index is 2.31. The first-order valence-electron chi connectivity index (χ1n) is 4.57. The maximum atomic E-state index is 11.6. The molecule has 0 saturated carbocycles. The summed E-state index contributed by atoms with van der Waals surface area (Å²) in [6.45, 7) is 0.624. The number of hydrogen-bond donors (Lipinski definition) is 2. The van der Waals surface area contributed by atoms with E-state index in [-0.39, 0.29) is 22.2 Å². The zero-order valence-corrected chi connectivity index (χ0v) is 9.44. The Bertz CT molecular complexity index is 408. The van der Waals surface area contributed by atoms with Crippen LogP contribution in [0, 0.1) is 0 Å². The minimum Gasteiger partial charge on any atom is -0.504 e. The van der Waals surface area contributed by atoms with Gasteiger partial charge in [-0.1, -0.05) is 15.9 Å². The molecule has 1 atom stereocenters. The minimum atomic E-state index is -0.210. The van der Waals surface area contributed by atoms with Gasteiger partial charge in [0.05, 0.1) is 4.83 Å². The van der Waals surface area contributed by atoms with Crippen molar-refractivity contribution in [2.24, 2.45) is 0 Å². The summed E-state index contributed by atoms with van der Waals surface area (Å²) in [6.07, 6.45) is 0.750. The first-order valence-corrected chi connectivity index (χ1v) is 5.48. The van der Waals surface area contributed by atoms with Gasteiger partial charge in [-0.25, -0.2) is 0 Å². The second-order valence-electron chi connectivity index (χ2n) is 3.42. The molecule has 1 unspecified atom stereocenters. The van der Waals surface area contributed by atoms with Crippen molar-refractivity contribution in [2.45, 2.75) is 11.2 Å². The second kappa shape index (κ2) is 3.73. The van der Waals surface area contributed by atoms with E-state index < -0.39 is 0 Å². The predicted molar refractivity (Wildman–Crippen MR) is 59.5 cm³/mol. The molecule has 0 aromatic heterocycles. The zero-order valence-electron chi connectivity index (χ0n) is 7.85. The summed E-state index contributed by atoms with van der Waals surface area (Å²) in [5.74, 6) is -0.404. The number of rotatable bonds is 1. The van der Waals surface area contributed by atoms with Gasteiger partial charge in [0.25, 0.3) is 0 Å². The van der Waals surface area contributed by atoms with Crippen LogP contribution < -0.4 is 4.90 Å². The molecule has 1 fully saturated rings. The molecule has 1 heterocycles. The summed E-state index contributed by atoms with van der Waals surface area (Å²) in [7, 11) is 0. The fourth-order valence-electron chi connectivity index (χ4n) is 1.58. The summed E-state index contributed by atoms with van der Waals surface area (Å²) in [4.78, 5) is 13.1. The number of aromatic hydroxyl groups is 2. The van der Waals surface area contributed by atoms with Gasteiger partial charge >= 0.3 is 0 Å². The number of nitrogens with zero attached hydrogens (tertiary/aromatic N) is 1. The lowest BCUT2D eigenvalue weighted by atomic mass is 10.2. The van der Waals surface area contributed by atoms with Crippen molar-refractivity contribution >= 4 is 27.5 Å². The van der Waals surface area contributed by atoms with Crippen molar-refractivity contribution < 1.29 is 15.0 Å². The molecule has 1 aromatic rings. The highest BCUT2D eigenvalue weighted by molar-refractivity contribution is 9.10. The SMILES string of the molecule is O=C1C(Br)CCN1c1ccc(O)c(O)c1. The molecule has 15 heavy (non-hydrogen) atoms. The van der Waals surface area contributed by atoms with Gasteiger partial charge in [-0.15, -0.1) is 0 Å². The van der Waals surface area contributed by atoms with Gasteiger partial charge < -0.3 is 15.1 Å². The number of amides is 1. The van der Waals surface area contributed by atoms with Crippen molar-refractivity contribution in [1.29, 1.82) is 0 Å². The lowest BCUT2D eigenvalue weighted by molar-refractivity contribution is -0.116. The molecule has 1 aromatic carbocycles. The molecule has 1 saturated heterocycles. The van der Waals surface area contributed by atoms with Crippen LogP contribution in [0.25, 0.3) is 0 Å². The fourth-order valence-corrected chi connectivity index (χ4v) is 2.03. The average Bonchev–Trinajstić information content (AvgIpc) is 2.53. The molecule has 4 nitrogen and oxygen atoms in total. The molecule has 0 bridgehead atoms. The minimum absolute atomic E-state index is 0.0138. The maximum Gasteiger partial charge on any atom is 0.240 e. The van der Waals surface area contributed by atoms with Crippen molar-refractivity contribution in [3.8, 4) is 11.5 Å². The number of alkyl halides is 1. The number of halogens is 1. The molecule has 2 rings (SSSR count). The number of carbonyl (C=O) groups is 1. The van der Waals surface area contributed by atoms with E-state index in [1.165, 1.54) is 12.1 Å². The van der Waals surface area contributed by atoms with Crippen molar-refractivity contribution in [1.82, 2.24) is 0 Å². The van der Waals surface area contributed by atoms with Crippen LogP contribution in [0.2, 0.25) is 0 Å². The Morgan fingerprint density at radius 3 is 2.60 bits per heavy atom. The molecule has 0 radical (unpaired) electrons. The van der Waals surface area contributed by atoms with Crippen LogP contribution >= 0.6 is 15.9 Å². The van der Waals surface area contributed by atoms with Gasteiger partial charge in [0.2, 0.25) is 5.91 Å². The third-order valence-corrected chi connectivity index (χ3v) is 3.26. The largest absolute Gasteiger partial charge is 0.504 e. The average molecular weight is 272 g/mol. The van der Waals surface area contributed by atoms with Gasteiger partial charge in [0.15, 0.2) is 11.5 Å². The Morgan fingerprint density at radius 1 is 1.33 bits per heavy atom. The van der Waals surface area contributed by atoms with Gasteiger partial charge in [0.1, 0.15) is 0 Å². The fraction of sp³-hybridized carbons (Fsp3) is 0.300. The number of carbonyl (C=O) groups excluding carboxylic acids is 1. The molecule has 5 heteroatoms. The quantitative estimate of drug-likeness (QED) is 0.603. The third kappa shape index (κ3) is 1.79. The number of phenolic OH excluding ortho intramolecular Hbond substituents is 2. The predicted octanol–water partition coefficient (Wildman–Crippen LogP) is 1.60. The Labute approximate surface area is 95.3 Å². The Kier molecular flexibility index (Phi) is 2.56. The lowest BCUT2D eigenvalue weighted by Gasteiger charge is -2.16. The summed E-state index contributed by atoms with van der Waals surface area (Å²) >= 11 is 3.27. The van der Waals surface area contributed by atoms with Crippen LogP contribution in [0.5, 0.6) is 11.5 Å². The molecular formula is C10H10BrNO3. The van der Waals surface area contributed by atoms with Crippen molar-refractivity contribution in [3.63, 3.8) is 0 Å². The first-order chi connectivity index (χ1) is 7.09. The molecule has 0 aliphatic carbocycles. The lowest BCUT2D eigenvalue weighted by Crippen LogP contribution is -2.26. The highest BCUT2D eigenvalue weighted by Gasteiger charge is 2.30. The number of benzene rings is 1. The smallest absolute Gasteiger partial charge is 0.240 e. The molecule has 1 aliphatic heterocycles. The number of hydrogen-bond acceptors (Lipinski definition) is 3. The van der Waals surface area contributed by atoms with Crippen molar-refractivity contribution in [2.75, 3.05) is 11.4 Å². The standard InChI is InChI=1S/C10H10BrNO3/c11-7-3-4-12(10(7)15)6-1-2-8(13)9(14)5-6/h1-2,5,7,13-14H,3-4H2. The van der Waals surface area contributed by atoms with Gasteiger partial charge in [-0.3, -0.25) is 4.79 Å². The van der Waals surface area contributed by atoms with Crippen LogP contribution in [0.1, 0.15) is 6.42 Å². The molecule has 1 amide bonds. The summed E-state index contributed by atoms with van der Waals surface area (Å²) < 4.78 is 0. The normalized spacial score (nSPS) is 21.0. The Hall–Kier alpha value is -1.23. The topological polar surface area (TPSA) is 60.8 Å². The van der Waals surface area contributed by atoms with Gasteiger partial charge in [-0.05, 0) is 18.6 Å². The van der Waals surface area contributed by atoms with Crippen LogP contribution in [0.4, 0.5) is 5.69 Å². The summed E-state index contributed by atoms with van der Waals surface area (Å²) in [5.41, 5.74) is 0.609. The van der Waals surface area contributed by atoms with E-state index in [4.69, 9.17) is 5.11 Å². The van der Waals surface area contributed by atoms with E-state index in [9.17, 15) is 9.90 Å². The Morgan fingerprint density at radius 2 is 2.07 bits per heavy atom. The molecule has 2 N–H and O–H groups in total. The second-order valence-corrected chi connectivity index (χ2v) is 4.52. The van der Waals surface area contributed by atoms with Crippen LogP contribution in [0.15, 0.2) is 18.2 Å². The highest BCUT2D eigenvalue weighted by atomic mass is 79.9. The maximum absolute atomic E-state index is 11.6. The molecular weight excluding hydrogens is 262 g/mol. The highest BCUT2D eigenvalue weighted by Crippen LogP contribution is 2.32. The van der Waals surface area contributed by atoms with Crippen LogP contribution in [-0.4, -0.2) is 27.5 Å². The number of phenols is 2. The molecule has 80 valence electrons. The zero-order chi connectivity index (χ0) is 11.0. The van der Waals surface area contributed by atoms with E-state index in [0.29, 0.717) is 12.2 Å². The monoisotopic (exact) mass is 271 g/mol. The van der Waals surface area contributed by atoms with E-state index in [0.717, 1.165) is 6.42 Å². The molecule has 0 spiro atoms. The van der Waals surface area contributed by atoms with Crippen LogP contribution in [0.3, 0.4) is 0 Å². The summed E-state index contributed by atoms with van der Waals surface area (Å²) in [5, 5.41) is 18.5. The van der Waals surface area contributed by atoms with Crippen LogP contribution in [-0.2, 0) is 4.79 Å². The van der Waals surface area contributed by atoms with E-state index in [2.05, 4.69) is 15.9 Å². The van der Waals surface area contributed by atoms with Gasteiger partial charge in [0, 0.05) is 18.3 Å². The van der Waals surface area contributed by atoms with Crippen molar-refractivity contribution in [3.05, 3.63) is 18.2 Å². The summed E-state index contributed by atoms with van der Waals surface area (Å²) in [6, 6.07) is 4.37. The van der Waals surface area contributed by atoms with E-state index >= 15 is 0 Å². The third-order valence-electron chi connectivity index (χ3n) is 2.41. The number of anilines is 1. The molecule has 1 aliphatic rings. The first kappa shape index (κ1) is 10.3. The van der Waals surface area contributed by atoms with Gasteiger partial charge in [-0.2, -0.15) is 0 Å².